The van der Waals surface area contributed by atoms with Crippen molar-refractivity contribution in [1.29, 1.82) is 0 Å². The molecule has 30 heavy (non-hydrogen) atoms. The highest BCUT2D eigenvalue weighted by Gasteiger charge is 2.34. The maximum Gasteiger partial charge on any atom is 0.379 e. The summed E-state index contributed by atoms with van der Waals surface area (Å²) in [6.45, 7) is 0. The fourth-order valence-electron chi connectivity index (χ4n) is 3.87. The van der Waals surface area contributed by atoms with Gasteiger partial charge in [0.15, 0.2) is 5.75 Å². The van der Waals surface area contributed by atoms with Gasteiger partial charge < -0.3 is 19.8 Å². The molecule has 0 saturated heterocycles. The predicted octanol–water partition coefficient (Wildman–Crippen LogP) is 5.82. The zero-order valence-corrected chi connectivity index (χ0v) is 19.6. The molecule has 2 aliphatic rings. The van der Waals surface area contributed by atoms with Gasteiger partial charge in [0.2, 0.25) is 5.76 Å². The summed E-state index contributed by atoms with van der Waals surface area (Å²) in [6.07, 6.45) is 5.09. The van der Waals surface area contributed by atoms with E-state index in [-0.39, 0.29) is 11.7 Å². The minimum absolute atomic E-state index is 0.102. The van der Waals surface area contributed by atoms with Gasteiger partial charge >= 0.3 is 5.97 Å². The summed E-state index contributed by atoms with van der Waals surface area (Å²) in [4.78, 5) is 26.8. The van der Waals surface area contributed by atoms with Gasteiger partial charge in [0, 0.05) is 14.9 Å². The Morgan fingerprint density at radius 3 is 2.83 bits per heavy atom. The highest BCUT2D eigenvalue weighted by atomic mass is 79.9. The smallest absolute Gasteiger partial charge is 0.379 e. The Labute approximate surface area is 193 Å². The number of aryl methyl sites for hydroxylation is 1. The Morgan fingerprint density at radius 2 is 2.03 bits per heavy atom. The monoisotopic (exact) mass is 550 g/mol. The molecule has 3 aromatic rings. The zero-order valence-electron chi connectivity index (χ0n) is 15.6. The first-order valence-corrected chi connectivity index (χ1v) is 11.9. The van der Waals surface area contributed by atoms with Gasteiger partial charge in [-0.25, -0.2) is 4.79 Å². The van der Waals surface area contributed by atoms with Gasteiger partial charge in [-0.2, -0.15) is 0 Å². The topological polar surface area (TPSA) is 80.6 Å². The summed E-state index contributed by atoms with van der Waals surface area (Å²) in [7, 11) is 0. The van der Waals surface area contributed by atoms with E-state index in [9.17, 15) is 9.59 Å². The molecule has 1 aliphatic carbocycles. The first-order valence-electron chi connectivity index (χ1n) is 9.48. The second kappa shape index (κ2) is 7.86. The van der Waals surface area contributed by atoms with E-state index in [0.29, 0.717) is 15.8 Å². The highest BCUT2D eigenvalue weighted by Crippen LogP contribution is 2.44. The van der Waals surface area contributed by atoms with Crippen LogP contribution in [0, 0.1) is 0 Å². The third-order valence-electron chi connectivity index (χ3n) is 5.21. The number of ether oxygens (including phenoxy) is 1. The summed E-state index contributed by atoms with van der Waals surface area (Å²) in [5, 5.41) is 7.33. The molecule has 154 valence electrons. The molecule has 0 saturated carbocycles. The lowest BCUT2D eigenvalue weighted by Gasteiger charge is -2.28. The van der Waals surface area contributed by atoms with Crippen LogP contribution in [0.25, 0.3) is 0 Å². The van der Waals surface area contributed by atoms with Crippen molar-refractivity contribution in [3.63, 3.8) is 0 Å². The first kappa shape index (κ1) is 19.8. The molecule has 1 atom stereocenters. The van der Waals surface area contributed by atoms with Gasteiger partial charge in [-0.05, 0) is 71.4 Å². The van der Waals surface area contributed by atoms with Crippen LogP contribution in [0.1, 0.15) is 55.9 Å². The number of thiophene rings is 1. The molecule has 2 aromatic heterocycles. The number of hydrogen-bond donors (Lipinski definition) is 2. The minimum Gasteiger partial charge on any atom is -0.457 e. The number of amides is 1. The van der Waals surface area contributed by atoms with Gasteiger partial charge in [-0.15, -0.1) is 11.3 Å². The number of halogens is 2. The molecule has 0 fully saturated rings. The zero-order chi connectivity index (χ0) is 20.8. The van der Waals surface area contributed by atoms with Crippen LogP contribution in [0.15, 0.2) is 43.9 Å². The Balaban J connectivity index is 1.52. The fourth-order valence-corrected chi connectivity index (χ4v) is 6.53. The average Bonchev–Trinajstić information content (AvgIpc) is 3.37. The third-order valence-corrected chi connectivity index (χ3v) is 7.48. The van der Waals surface area contributed by atoms with Crippen LogP contribution in [-0.4, -0.2) is 11.9 Å². The Morgan fingerprint density at radius 1 is 1.20 bits per heavy atom. The fraction of sp³-hybridized carbons (Fsp3) is 0.238. The van der Waals surface area contributed by atoms with Crippen molar-refractivity contribution < 1.29 is 18.7 Å². The number of hydrogen-bond acceptors (Lipinski definition) is 6. The molecule has 1 aliphatic heterocycles. The number of benzene rings is 1. The van der Waals surface area contributed by atoms with Crippen molar-refractivity contribution in [1.82, 2.24) is 5.32 Å². The van der Waals surface area contributed by atoms with E-state index in [1.165, 1.54) is 22.8 Å². The number of rotatable bonds is 3. The standard InChI is InChI=1S/C21H16Br2N2O4S/c22-10-8-12(17(13(23)9-10)29-21(27)14-5-3-7-28-14)18-24-19(26)16-11-4-1-2-6-15(11)30-20(16)25-18/h3,5,7-9,18,25H,1-2,4,6H2,(H,24,26). The molecule has 3 heterocycles. The summed E-state index contributed by atoms with van der Waals surface area (Å²) < 4.78 is 12.2. The van der Waals surface area contributed by atoms with E-state index in [0.717, 1.165) is 40.7 Å². The lowest BCUT2D eigenvalue weighted by atomic mass is 9.94. The molecule has 0 bridgehead atoms. The summed E-state index contributed by atoms with van der Waals surface area (Å²) in [5.41, 5.74) is 2.56. The molecule has 2 N–H and O–H groups in total. The van der Waals surface area contributed by atoms with E-state index < -0.39 is 12.1 Å². The molecule has 1 unspecified atom stereocenters. The first-order chi connectivity index (χ1) is 14.5. The maximum absolute atomic E-state index is 13.0. The van der Waals surface area contributed by atoms with E-state index in [2.05, 4.69) is 42.5 Å². The molecule has 1 aromatic carbocycles. The molecular weight excluding hydrogens is 536 g/mol. The molecule has 5 rings (SSSR count). The second-order valence-corrected chi connectivity index (χ2v) is 10.0. The number of anilines is 1. The largest absolute Gasteiger partial charge is 0.457 e. The maximum atomic E-state index is 13.0. The minimum atomic E-state index is -0.612. The summed E-state index contributed by atoms with van der Waals surface area (Å²) in [5.74, 6) is -0.293. The number of esters is 1. The van der Waals surface area contributed by atoms with Gasteiger partial charge in [0.05, 0.1) is 16.3 Å². The second-order valence-electron chi connectivity index (χ2n) is 7.14. The average molecular weight is 552 g/mol. The van der Waals surface area contributed by atoms with E-state index in [1.807, 2.05) is 6.07 Å². The summed E-state index contributed by atoms with van der Waals surface area (Å²) >= 11 is 8.61. The quantitative estimate of drug-likeness (QED) is 0.317. The third kappa shape index (κ3) is 3.48. The van der Waals surface area contributed by atoms with Crippen molar-refractivity contribution in [2.24, 2.45) is 0 Å². The molecule has 0 radical (unpaired) electrons. The van der Waals surface area contributed by atoms with Gasteiger partial charge in [-0.1, -0.05) is 15.9 Å². The SMILES string of the molecule is O=C(Oc1c(Br)cc(Br)cc1C1NC(=O)c2c(sc3c2CCCC3)N1)c1ccco1. The van der Waals surface area contributed by atoms with Crippen molar-refractivity contribution in [3.8, 4) is 5.75 Å². The normalized spacial score (nSPS) is 17.5. The van der Waals surface area contributed by atoms with Crippen LogP contribution < -0.4 is 15.4 Å². The van der Waals surface area contributed by atoms with Gasteiger partial charge in [0.25, 0.3) is 5.91 Å². The Hall–Kier alpha value is -2.10. The lowest BCUT2D eigenvalue weighted by Crippen LogP contribution is -2.38. The van der Waals surface area contributed by atoms with Crippen LogP contribution in [0.3, 0.4) is 0 Å². The van der Waals surface area contributed by atoms with E-state index in [4.69, 9.17) is 9.15 Å². The van der Waals surface area contributed by atoms with E-state index in [1.54, 1.807) is 23.5 Å². The Bertz CT molecular complexity index is 1160. The molecule has 9 heteroatoms. The van der Waals surface area contributed by atoms with Crippen molar-refractivity contribution in [3.05, 3.63) is 66.8 Å². The van der Waals surface area contributed by atoms with Gasteiger partial charge in [-0.3, -0.25) is 4.79 Å². The molecular formula is C21H16Br2N2O4S. The van der Waals surface area contributed by atoms with Crippen molar-refractivity contribution in [2.75, 3.05) is 5.32 Å². The molecule has 0 spiro atoms. The van der Waals surface area contributed by atoms with Crippen molar-refractivity contribution in [2.45, 2.75) is 31.8 Å². The molecule has 1 amide bonds. The number of carbonyl (C=O) groups excluding carboxylic acids is 2. The van der Waals surface area contributed by atoms with Crippen molar-refractivity contribution >= 4 is 60.1 Å². The number of nitrogens with one attached hydrogen (secondary N) is 2. The Kier molecular flexibility index (Phi) is 5.20. The van der Waals surface area contributed by atoms with Crippen LogP contribution in [0.2, 0.25) is 0 Å². The molecule has 6 nitrogen and oxygen atoms in total. The van der Waals surface area contributed by atoms with E-state index >= 15 is 0 Å². The predicted molar refractivity (Wildman–Crippen MR) is 120 cm³/mol. The van der Waals surface area contributed by atoms with Crippen LogP contribution in [-0.2, 0) is 12.8 Å². The van der Waals surface area contributed by atoms with Crippen LogP contribution >= 0.6 is 43.2 Å². The summed E-state index contributed by atoms with van der Waals surface area (Å²) in [6, 6.07) is 6.77. The number of carbonyl (C=O) groups is 2. The number of furan rings is 1. The number of fused-ring (bicyclic) bond motifs is 3. The van der Waals surface area contributed by atoms with Crippen LogP contribution in [0.5, 0.6) is 5.75 Å². The highest BCUT2D eigenvalue weighted by molar-refractivity contribution is 9.11. The van der Waals surface area contributed by atoms with Crippen LogP contribution in [0.4, 0.5) is 5.00 Å². The lowest BCUT2D eigenvalue weighted by molar-refractivity contribution is 0.0698. The van der Waals surface area contributed by atoms with Gasteiger partial charge in [0.1, 0.15) is 11.2 Å².